The fourth-order valence-electron chi connectivity index (χ4n) is 3.42. The molecule has 2 aromatic carbocycles. The zero-order valence-electron chi connectivity index (χ0n) is 14.3. The summed E-state index contributed by atoms with van der Waals surface area (Å²) < 4.78 is 0. The summed E-state index contributed by atoms with van der Waals surface area (Å²) >= 11 is 12.1. The van der Waals surface area contributed by atoms with E-state index in [0.29, 0.717) is 22.3 Å². The highest BCUT2D eigenvalue weighted by Gasteiger charge is 2.39. The molecule has 2 N–H and O–H groups in total. The monoisotopic (exact) mass is 401 g/mol. The van der Waals surface area contributed by atoms with Crippen molar-refractivity contribution in [2.24, 2.45) is 0 Å². The number of nitrogens with one attached hydrogen (secondary N) is 2. The summed E-state index contributed by atoms with van der Waals surface area (Å²) in [4.78, 5) is 29.4. The van der Waals surface area contributed by atoms with Gasteiger partial charge in [0.1, 0.15) is 0 Å². The van der Waals surface area contributed by atoms with Crippen molar-refractivity contribution in [1.82, 2.24) is 10.3 Å². The van der Waals surface area contributed by atoms with Crippen LogP contribution in [0, 0.1) is 0 Å². The number of imide groups is 1. The number of benzene rings is 2. The number of nitrogens with zero attached hydrogens (tertiary/aromatic N) is 1. The van der Waals surface area contributed by atoms with Crippen molar-refractivity contribution in [2.45, 2.75) is 18.9 Å². The number of fused-ring (bicyclic) bond motifs is 1. The van der Waals surface area contributed by atoms with Crippen LogP contribution in [0.5, 0.6) is 0 Å². The van der Waals surface area contributed by atoms with Crippen molar-refractivity contribution in [3.63, 3.8) is 0 Å². The first-order valence-electron chi connectivity index (χ1n) is 8.64. The highest BCUT2D eigenvalue weighted by atomic mass is 35.5. The molecule has 0 saturated carbocycles. The van der Waals surface area contributed by atoms with Crippen LogP contribution in [0.4, 0.5) is 5.69 Å². The molecular weight excluding hydrogens is 385 g/mol. The molecule has 0 spiro atoms. The molecule has 4 rings (SSSR count). The first-order valence-corrected chi connectivity index (χ1v) is 9.40. The van der Waals surface area contributed by atoms with Crippen LogP contribution in [0.3, 0.4) is 0 Å². The minimum Gasteiger partial charge on any atom is -0.361 e. The van der Waals surface area contributed by atoms with Crippen molar-refractivity contribution in [3.8, 4) is 0 Å². The number of rotatable bonds is 5. The molecule has 2 amide bonds. The number of H-pyrrole nitrogens is 1. The molecule has 1 fully saturated rings. The molecule has 2 heterocycles. The molecule has 7 heteroatoms. The molecule has 0 unspecified atom stereocenters. The second kappa shape index (κ2) is 7.35. The Kier molecular flexibility index (Phi) is 4.91. The summed E-state index contributed by atoms with van der Waals surface area (Å²) in [7, 11) is 0. The lowest BCUT2D eigenvalue weighted by Crippen LogP contribution is -2.39. The first-order chi connectivity index (χ1) is 13.0. The van der Waals surface area contributed by atoms with E-state index in [1.54, 1.807) is 24.3 Å². The van der Waals surface area contributed by atoms with E-state index in [2.05, 4.69) is 10.3 Å². The molecule has 27 heavy (non-hydrogen) atoms. The van der Waals surface area contributed by atoms with Crippen LogP contribution in [0.1, 0.15) is 12.0 Å². The van der Waals surface area contributed by atoms with Crippen molar-refractivity contribution >= 4 is 51.6 Å². The van der Waals surface area contributed by atoms with Gasteiger partial charge in [0.25, 0.3) is 5.91 Å². The van der Waals surface area contributed by atoms with E-state index in [4.69, 9.17) is 23.2 Å². The Labute approximate surface area is 166 Å². The second-order valence-electron chi connectivity index (χ2n) is 6.51. The van der Waals surface area contributed by atoms with E-state index in [1.807, 2.05) is 24.4 Å². The molecule has 0 radical (unpaired) electrons. The van der Waals surface area contributed by atoms with Gasteiger partial charge in [0.15, 0.2) is 0 Å². The molecule has 5 nitrogen and oxygen atoms in total. The van der Waals surface area contributed by atoms with Gasteiger partial charge in [-0.05, 0) is 48.4 Å². The number of aromatic amines is 1. The van der Waals surface area contributed by atoms with Crippen molar-refractivity contribution < 1.29 is 9.59 Å². The fraction of sp³-hybridized carbons (Fsp3) is 0.200. The maximum absolute atomic E-state index is 12.7. The van der Waals surface area contributed by atoms with Gasteiger partial charge in [0.05, 0.1) is 18.2 Å². The predicted octanol–water partition coefficient (Wildman–Crippen LogP) is 3.94. The van der Waals surface area contributed by atoms with E-state index in [-0.39, 0.29) is 18.2 Å². The fourth-order valence-corrected chi connectivity index (χ4v) is 3.77. The van der Waals surface area contributed by atoms with Gasteiger partial charge in [0.2, 0.25) is 5.91 Å². The normalized spacial score (nSPS) is 17.3. The Bertz CT molecular complexity index is 1030. The standard InChI is InChI=1S/C20H17Cl2N3O2/c21-13-2-1-3-15(8-13)25-19(26)10-18(20(25)27)23-7-6-12-11-24-17-5-4-14(22)9-16(12)17/h1-5,8-9,11,18,23-24H,6-7,10H2/t18-/m1/s1. The van der Waals surface area contributed by atoms with Gasteiger partial charge < -0.3 is 10.3 Å². The Morgan fingerprint density at radius 3 is 2.74 bits per heavy atom. The van der Waals surface area contributed by atoms with Crippen LogP contribution in [0.25, 0.3) is 10.9 Å². The number of anilines is 1. The van der Waals surface area contributed by atoms with E-state index >= 15 is 0 Å². The van der Waals surface area contributed by atoms with Gasteiger partial charge in [-0.1, -0.05) is 29.3 Å². The van der Waals surface area contributed by atoms with Crippen LogP contribution >= 0.6 is 23.2 Å². The summed E-state index contributed by atoms with van der Waals surface area (Å²) in [5.74, 6) is -0.470. The Hall–Kier alpha value is -2.34. The number of halogens is 2. The summed E-state index contributed by atoms with van der Waals surface area (Å²) in [5.41, 5.74) is 2.64. The molecule has 1 aromatic heterocycles. The maximum Gasteiger partial charge on any atom is 0.251 e. The first kappa shape index (κ1) is 18.0. The SMILES string of the molecule is O=C1C[C@@H](NCCc2c[nH]c3ccc(Cl)cc23)C(=O)N1c1cccc(Cl)c1. The zero-order valence-corrected chi connectivity index (χ0v) is 15.8. The lowest BCUT2D eigenvalue weighted by atomic mass is 10.1. The van der Waals surface area contributed by atoms with E-state index in [9.17, 15) is 9.59 Å². The highest BCUT2D eigenvalue weighted by Crippen LogP contribution is 2.26. The Morgan fingerprint density at radius 2 is 1.93 bits per heavy atom. The van der Waals surface area contributed by atoms with Gasteiger partial charge in [0, 0.05) is 33.7 Å². The average Bonchev–Trinajstić information content (AvgIpc) is 3.15. The molecule has 1 saturated heterocycles. The molecule has 138 valence electrons. The smallest absolute Gasteiger partial charge is 0.251 e. The van der Waals surface area contributed by atoms with E-state index in [1.165, 1.54) is 4.90 Å². The number of hydrogen-bond acceptors (Lipinski definition) is 3. The third kappa shape index (κ3) is 3.58. The lowest BCUT2D eigenvalue weighted by Gasteiger charge is -2.15. The van der Waals surface area contributed by atoms with Gasteiger partial charge in [-0.25, -0.2) is 4.90 Å². The Morgan fingerprint density at radius 1 is 1.11 bits per heavy atom. The molecule has 1 aliphatic heterocycles. The third-order valence-electron chi connectivity index (χ3n) is 4.73. The van der Waals surface area contributed by atoms with Gasteiger partial charge in [-0.3, -0.25) is 9.59 Å². The van der Waals surface area contributed by atoms with Crippen molar-refractivity contribution in [2.75, 3.05) is 11.4 Å². The third-order valence-corrected chi connectivity index (χ3v) is 5.20. The molecule has 1 aliphatic rings. The van der Waals surface area contributed by atoms with Crippen LogP contribution in [-0.2, 0) is 16.0 Å². The van der Waals surface area contributed by atoms with Crippen LogP contribution in [-0.4, -0.2) is 29.4 Å². The molecule has 0 bridgehead atoms. The van der Waals surface area contributed by atoms with Crippen LogP contribution < -0.4 is 10.2 Å². The number of aromatic nitrogens is 1. The minimum atomic E-state index is -0.523. The number of carbonyl (C=O) groups is 2. The highest BCUT2D eigenvalue weighted by molar-refractivity contribution is 6.31. The summed E-state index contributed by atoms with van der Waals surface area (Å²) in [5, 5.41) is 5.44. The largest absolute Gasteiger partial charge is 0.361 e. The number of hydrogen-bond donors (Lipinski definition) is 2. The zero-order chi connectivity index (χ0) is 19.0. The molecular formula is C20H17Cl2N3O2. The number of carbonyl (C=O) groups excluding carboxylic acids is 2. The van der Waals surface area contributed by atoms with Crippen molar-refractivity contribution in [1.29, 1.82) is 0 Å². The predicted molar refractivity (Wildman–Crippen MR) is 107 cm³/mol. The summed E-state index contributed by atoms with van der Waals surface area (Å²) in [6, 6.07) is 11.9. The van der Waals surface area contributed by atoms with Crippen LogP contribution in [0.2, 0.25) is 10.0 Å². The molecule has 0 aliphatic carbocycles. The quantitative estimate of drug-likeness (QED) is 0.636. The number of amides is 2. The topological polar surface area (TPSA) is 65.2 Å². The Balaban J connectivity index is 1.42. The van der Waals surface area contributed by atoms with Crippen LogP contribution in [0.15, 0.2) is 48.7 Å². The molecule has 1 atom stereocenters. The minimum absolute atomic E-state index is 0.144. The lowest BCUT2D eigenvalue weighted by molar-refractivity contribution is -0.121. The van der Waals surface area contributed by atoms with E-state index < -0.39 is 6.04 Å². The second-order valence-corrected chi connectivity index (χ2v) is 7.38. The van der Waals surface area contributed by atoms with Gasteiger partial charge >= 0.3 is 0 Å². The maximum atomic E-state index is 12.7. The van der Waals surface area contributed by atoms with Crippen molar-refractivity contribution in [3.05, 3.63) is 64.3 Å². The van der Waals surface area contributed by atoms with Gasteiger partial charge in [-0.15, -0.1) is 0 Å². The summed E-state index contributed by atoms with van der Waals surface area (Å²) in [6.45, 7) is 0.576. The molecule has 3 aromatic rings. The summed E-state index contributed by atoms with van der Waals surface area (Å²) in [6.07, 6.45) is 2.81. The van der Waals surface area contributed by atoms with E-state index in [0.717, 1.165) is 22.9 Å². The average molecular weight is 402 g/mol. The van der Waals surface area contributed by atoms with Gasteiger partial charge in [-0.2, -0.15) is 0 Å².